The zero-order valence-electron chi connectivity index (χ0n) is 19.3. The van der Waals surface area contributed by atoms with Gasteiger partial charge in [-0.1, -0.05) is 29.4 Å². The predicted octanol–water partition coefficient (Wildman–Crippen LogP) is 3.04. The standard InChI is InChI=1S/C25H30N4O4/c1-28-9-11-29(12-10-28)17-19-6-4-5-18(13-19)16-26-25(30)22-15-24(33-27-22)21-14-20(31-2)7-8-23(21)32-3/h4-8,13-15H,9-12,16-17H2,1-3H3,(H,26,30). The van der Waals surface area contributed by atoms with Crippen molar-refractivity contribution in [2.75, 3.05) is 47.4 Å². The Bertz CT molecular complexity index is 1090. The Hall–Kier alpha value is -3.36. The van der Waals surface area contributed by atoms with Gasteiger partial charge in [0.2, 0.25) is 0 Å². The summed E-state index contributed by atoms with van der Waals surface area (Å²) < 4.78 is 16.1. The highest BCUT2D eigenvalue weighted by Crippen LogP contribution is 2.33. The number of likely N-dealkylation sites (N-methyl/N-ethyl adjacent to an activating group) is 1. The molecule has 1 aliphatic rings. The lowest BCUT2D eigenvalue weighted by Crippen LogP contribution is -2.43. The molecule has 4 rings (SSSR count). The third-order valence-corrected chi connectivity index (χ3v) is 5.86. The van der Waals surface area contributed by atoms with E-state index in [1.54, 1.807) is 38.5 Å². The summed E-state index contributed by atoms with van der Waals surface area (Å²) in [6.45, 7) is 5.67. The molecule has 1 N–H and O–H groups in total. The molecule has 8 nitrogen and oxygen atoms in total. The molecule has 1 fully saturated rings. The van der Waals surface area contributed by atoms with Gasteiger partial charge in [0.1, 0.15) is 11.5 Å². The largest absolute Gasteiger partial charge is 0.497 e. The smallest absolute Gasteiger partial charge is 0.273 e. The first-order valence-electron chi connectivity index (χ1n) is 11.0. The zero-order valence-corrected chi connectivity index (χ0v) is 19.3. The van der Waals surface area contributed by atoms with Crippen molar-refractivity contribution in [3.63, 3.8) is 0 Å². The first-order valence-corrected chi connectivity index (χ1v) is 11.0. The maximum atomic E-state index is 12.7. The molecule has 2 aromatic carbocycles. The number of hydrogen-bond acceptors (Lipinski definition) is 7. The topological polar surface area (TPSA) is 80.1 Å². The quantitative estimate of drug-likeness (QED) is 0.565. The molecule has 8 heteroatoms. The first-order chi connectivity index (χ1) is 16.1. The van der Waals surface area contributed by atoms with Crippen LogP contribution in [-0.2, 0) is 13.1 Å². The third-order valence-electron chi connectivity index (χ3n) is 5.86. The van der Waals surface area contributed by atoms with Crippen molar-refractivity contribution in [1.29, 1.82) is 0 Å². The van der Waals surface area contributed by atoms with Crippen LogP contribution in [0.5, 0.6) is 11.5 Å². The van der Waals surface area contributed by atoms with E-state index < -0.39 is 0 Å². The number of ether oxygens (including phenoxy) is 2. The van der Waals surface area contributed by atoms with Crippen molar-refractivity contribution < 1.29 is 18.8 Å². The lowest BCUT2D eigenvalue weighted by molar-refractivity contribution is 0.0942. The van der Waals surface area contributed by atoms with Crippen LogP contribution in [0.25, 0.3) is 11.3 Å². The van der Waals surface area contributed by atoms with Crippen molar-refractivity contribution in [1.82, 2.24) is 20.3 Å². The molecule has 0 saturated carbocycles. The zero-order chi connectivity index (χ0) is 23.2. The summed E-state index contributed by atoms with van der Waals surface area (Å²) >= 11 is 0. The van der Waals surface area contributed by atoms with Crippen LogP contribution in [0.1, 0.15) is 21.6 Å². The number of nitrogens with zero attached hydrogens (tertiary/aromatic N) is 3. The summed E-state index contributed by atoms with van der Waals surface area (Å²) in [5.74, 6) is 1.40. The fraction of sp³-hybridized carbons (Fsp3) is 0.360. The van der Waals surface area contributed by atoms with Gasteiger partial charge in [-0.15, -0.1) is 0 Å². The third kappa shape index (κ3) is 5.71. The van der Waals surface area contributed by atoms with Gasteiger partial charge < -0.3 is 24.2 Å². The van der Waals surface area contributed by atoms with E-state index in [1.807, 2.05) is 12.1 Å². The average Bonchev–Trinajstić information content (AvgIpc) is 3.34. The lowest BCUT2D eigenvalue weighted by atomic mass is 10.1. The molecular weight excluding hydrogens is 420 g/mol. The van der Waals surface area contributed by atoms with E-state index >= 15 is 0 Å². The van der Waals surface area contributed by atoms with Gasteiger partial charge in [-0.2, -0.15) is 0 Å². The van der Waals surface area contributed by atoms with Gasteiger partial charge >= 0.3 is 0 Å². The van der Waals surface area contributed by atoms with Crippen LogP contribution in [0.4, 0.5) is 0 Å². The fourth-order valence-corrected chi connectivity index (χ4v) is 3.89. The molecule has 0 bridgehead atoms. The number of carbonyl (C=O) groups is 1. The summed E-state index contributed by atoms with van der Waals surface area (Å²) in [6.07, 6.45) is 0. The molecule has 0 unspecified atom stereocenters. The summed E-state index contributed by atoms with van der Waals surface area (Å²) in [5, 5.41) is 6.87. The summed E-state index contributed by atoms with van der Waals surface area (Å²) in [6, 6.07) is 15.3. The molecule has 0 radical (unpaired) electrons. The number of piperazine rings is 1. The normalized spacial score (nSPS) is 14.8. The maximum Gasteiger partial charge on any atom is 0.273 e. The monoisotopic (exact) mass is 450 g/mol. The van der Waals surface area contributed by atoms with E-state index in [1.165, 1.54) is 5.56 Å². The van der Waals surface area contributed by atoms with Gasteiger partial charge in [-0.05, 0) is 36.4 Å². The van der Waals surface area contributed by atoms with Gasteiger partial charge in [0, 0.05) is 45.3 Å². The molecule has 0 aliphatic carbocycles. The summed E-state index contributed by atoms with van der Waals surface area (Å²) in [5.41, 5.74) is 3.18. The minimum absolute atomic E-state index is 0.212. The second-order valence-corrected chi connectivity index (χ2v) is 8.22. The number of benzene rings is 2. The lowest BCUT2D eigenvalue weighted by Gasteiger charge is -2.32. The fourth-order valence-electron chi connectivity index (χ4n) is 3.89. The molecule has 3 aromatic rings. The highest BCUT2D eigenvalue weighted by atomic mass is 16.5. The maximum absolute atomic E-state index is 12.7. The minimum atomic E-state index is -0.295. The minimum Gasteiger partial charge on any atom is -0.497 e. The number of rotatable bonds is 8. The van der Waals surface area contributed by atoms with Crippen molar-refractivity contribution >= 4 is 5.91 Å². The van der Waals surface area contributed by atoms with Crippen LogP contribution in [0, 0.1) is 0 Å². The van der Waals surface area contributed by atoms with E-state index in [0.29, 0.717) is 29.4 Å². The number of amides is 1. The Kier molecular flexibility index (Phi) is 7.26. The van der Waals surface area contributed by atoms with Crippen LogP contribution in [0.3, 0.4) is 0 Å². The Morgan fingerprint density at radius 1 is 1.03 bits per heavy atom. The average molecular weight is 451 g/mol. The van der Waals surface area contributed by atoms with E-state index in [2.05, 4.69) is 39.5 Å². The van der Waals surface area contributed by atoms with Gasteiger partial charge in [-0.3, -0.25) is 9.69 Å². The number of methoxy groups -OCH3 is 2. The molecular formula is C25H30N4O4. The second-order valence-electron chi connectivity index (χ2n) is 8.22. The summed E-state index contributed by atoms with van der Waals surface area (Å²) in [7, 11) is 5.32. The Morgan fingerprint density at radius 3 is 2.58 bits per heavy atom. The number of hydrogen-bond donors (Lipinski definition) is 1. The van der Waals surface area contributed by atoms with E-state index in [4.69, 9.17) is 14.0 Å². The molecule has 1 aliphatic heterocycles. The van der Waals surface area contributed by atoms with Gasteiger partial charge in [0.25, 0.3) is 5.91 Å². The van der Waals surface area contributed by atoms with E-state index in [9.17, 15) is 4.79 Å². The number of nitrogens with one attached hydrogen (secondary N) is 1. The molecule has 174 valence electrons. The van der Waals surface area contributed by atoms with Crippen LogP contribution in [0.2, 0.25) is 0 Å². The number of carbonyl (C=O) groups excluding carboxylic acids is 1. The van der Waals surface area contributed by atoms with Crippen molar-refractivity contribution in [2.24, 2.45) is 0 Å². The molecule has 1 saturated heterocycles. The van der Waals surface area contributed by atoms with Crippen molar-refractivity contribution in [3.05, 3.63) is 65.4 Å². The SMILES string of the molecule is COc1ccc(OC)c(-c2cc(C(=O)NCc3cccc(CN4CCN(C)CC4)c3)no2)c1. The molecule has 33 heavy (non-hydrogen) atoms. The first kappa shape index (κ1) is 22.8. The number of aromatic nitrogens is 1. The summed E-state index contributed by atoms with van der Waals surface area (Å²) in [4.78, 5) is 17.5. The molecule has 1 amide bonds. The Balaban J connectivity index is 1.38. The molecule has 1 aromatic heterocycles. The van der Waals surface area contributed by atoms with Gasteiger partial charge in [0.15, 0.2) is 11.5 Å². The molecule has 0 atom stereocenters. The van der Waals surface area contributed by atoms with E-state index in [-0.39, 0.29) is 11.6 Å². The van der Waals surface area contributed by atoms with Crippen LogP contribution in [-0.4, -0.2) is 68.3 Å². The highest BCUT2D eigenvalue weighted by Gasteiger charge is 2.18. The Morgan fingerprint density at radius 2 is 1.82 bits per heavy atom. The second kappa shape index (κ2) is 10.5. The Labute approximate surface area is 194 Å². The molecule has 0 spiro atoms. The van der Waals surface area contributed by atoms with Crippen LogP contribution < -0.4 is 14.8 Å². The van der Waals surface area contributed by atoms with Crippen LogP contribution >= 0.6 is 0 Å². The highest BCUT2D eigenvalue weighted by molar-refractivity contribution is 5.93. The van der Waals surface area contributed by atoms with Crippen molar-refractivity contribution in [2.45, 2.75) is 13.1 Å². The predicted molar refractivity (Wildman–Crippen MR) is 125 cm³/mol. The van der Waals surface area contributed by atoms with Crippen molar-refractivity contribution in [3.8, 4) is 22.8 Å². The van der Waals surface area contributed by atoms with E-state index in [0.717, 1.165) is 38.3 Å². The van der Waals surface area contributed by atoms with Crippen LogP contribution in [0.15, 0.2) is 53.1 Å². The molecule has 2 heterocycles. The van der Waals surface area contributed by atoms with Gasteiger partial charge in [0.05, 0.1) is 19.8 Å². The van der Waals surface area contributed by atoms with Gasteiger partial charge in [-0.25, -0.2) is 0 Å².